The highest BCUT2D eigenvalue weighted by Crippen LogP contribution is 2.59. The van der Waals surface area contributed by atoms with Gasteiger partial charge in [0.25, 0.3) is 0 Å². The van der Waals surface area contributed by atoms with Crippen LogP contribution >= 0.6 is 0 Å². The topological polar surface area (TPSA) is 68.9 Å². The van der Waals surface area contributed by atoms with Gasteiger partial charge in [0.2, 0.25) is 0 Å². The van der Waals surface area contributed by atoms with Gasteiger partial charge in [0.05, 0.1) is 19.3 Å². The van der Waals surface area contributed by atoms with Gasteiger partial charge >= 0.3 is 0 Å². The van der Waals surface area contributed by atoms with E-state index in [0.717, 1.165) is 23.6 Å². The van der Waals surface area contributed by atoms with Gasteiger partial charge in [0.15, 0.2) is 17.5 Å². The molecular formula is C17H23N3O2. The minimum Gasteiger partial charge on any atom is -0.490 e. The van der Waals surface area contributed by atoms with E-state index in [4.69, 9.17) is 15.2 Å². The van der Waals surface area contributed by atoms with Gasteiger partial charge < -0.3 is 20.5 Å². The standard InChI is InChI=1S/C17H23N3O2/c18-16(20-15-11-17(15)6-1-2-7-17)19-12-4-5-13-14(10-12)22-9-3-8-21-13/h4-5,10,15H,1-3,6-9,11H2,(H3,18,19,20). The quantitative estimate of drug-likeness (QED) is 0.651. The lowest BCUT2D eigenvalue weighted by Gasteiger charge is -2.11. The molecule has 0 saturated heterocycles. The molecule has 118 valence electrons. The SMILES string of the molecule is NC(=NC1CC12CCCC2)Nc1ccc2c(c1)OCCCO2. The number of guanidine groups is 1. The van der Waals surface area contributed by atoms with E-state index in [1.165, 1.54) is 32.1 Å². The summed E-state index contributed by atoms with van der Waals surface area (Å²) in [5, 5.41) is 3.18. The minimum atomic E-state index is 0.419. The third kappa shape index (κ3) is 2.60. The van der Waals surface area contributed by atoms with Crippen LogP contribution in [0.2, 0.25) is 0 Å². The number of nitrogens with zero attached hydrogens (tertiary/aromatic N) is 1. The van der Waals surface area contributed by atoms with Gasteiger partial charge in [-0.1, -0.05) is 12.8 Å². The van der Waals surface area contributed by atoms with Crippen LogP contribution in [0.5, 0.6) is 11.5 Å². The Morgan fingerprint density at radius 2 is 1.91 bits per heavy atom. The zero-order valence-corrected chi connectivity index (χ0v) is 12.8. The molecule has 1 atom stereocenters. The molecule has 2 fully saturated rings. The van der Waals surface area contributed by atoms with Crippen molar-refractivity contribution in [2.24, 2.45) is 16.1 Å². The minimum absolute atomic E-state index is 0.419. The molecule has 1 spiro atoms. The molecule has 1 heterocycles. The van der Waals surface area contributed by atoms with Crippen LogP contribution in [0.1, 0.15) is 38.5 Å². The van der Waals surface area contributed by atoms with E-state index in [9.17, 15) is 0 Å². The van der Waals surface area contributed by atoms with E-state index in [0.29, 0.717) is 30.6 Å². The summed E-state index contributed by atoms with van der Waals surface area (Å²) in [4.78, 5) is 4.66. The van der Waals surface area contributed by atoms with Gasteiger partial charge in [0, 0.05) is 18.2 Å². The molecule has 4 rings (SSSR count). The molecule has 0 amide bonds. The predicted molar refractivity (Wildman–Crippen MR) is 86.6 cm³/mol. The number of hydrogen-bond acceptors (Lipinski definition) is 3. The molecule has 5 heteroatoms. The van der Waals surface area contributed by atoms with Gasteiger partial charge in [-0.3, -0.25) is 0 Å². The fourth-order valence-electron chi connectivity index (χ4n) is 3.71. The molecule has 3 aliphatic rings. The summed E-state index contributed by atoms with van der Waals surface area (Å²) < 4.78 is 11.3. The number of fused-ring (bicyclic) bond motifs is 1. The van der Waals surface area contributed by atoms with E-state index in [2.05, 4.69) is 10.3 Å². The van der Waals surface area contributed by atoms with E-state index >= 15 is 0 Å². The van der Waals surface area contributed by atoms with E-state index < -0.39 is 0 Å². The van der Waals surface area contributed by atoms with Crippen molar-refractivity contribution in [1.29, 1.82) is 0 Å². The summed E-state index contributed by atoms with van der Waals surface area (Å²) in [6.45, 7) is 1.39. The molecule has 3 N–H and O–H groups in total. The Morgan fingerprint density at radius 3 is 2.73 bits per heavy atom. The first kappa shape index (κ1) is 13.7. The van der Waals surface area contributed by atoms with Crippen molar-refractivity contribution in [2.75, 3.05) is 18.5 Å². The number of rotatable bonds is 2. The molecular weight excluding hydrogens is 278 g/mol. The third-order valence-corrected chi connectivity index (χ3v) is 5.06. The molecule has 0 bridgehead atoms. The lowest BCUT2D eigenvalue weighted by atomic mass is 10.1. The first-order valence-corrected chi connectivity index (χ1v) is 8.25. The van der Waals surface area contributed by atoms with Crippen molar-refractivity contribution in [3.63, 3.8) is 0 Å². The Labute approximate surface area is 130 Å². The van der Waals surface area contributed by atoms with Crippen molar-refractivity contribution >= 4 is 11.6 Å². The number of aliphatic imine (C=N–C) groups is 1. The van der Waals surface area contributed by atoms with Crippen molar-refractivity contribution in [1.82, 2.24) is 0 Å². The summed E-state index contributed by atoms with van der Waals surface area (Å²) in [6, 6.07) is 6.23. The third-order valence-electron chi connectivity index (χ3n) is 5.06. The first-order valence-electron chi connectivity index (χ1n) is 8.25. The van der Waals surface area contributed by atoms with Gasteiger partial charge in [-0.15, -0.1) is 0 Å². The zero-order valence-electron chi connectivity index (χ0n) is 12.8. The molecule has 2 aliphatic carbocycles. The fraction of sp³-hybridized carbons (Fsp3) is 0.588. The second-order valence-corrected chi connectivity index (χ2v) is 6.64. The Bertz CT molecular complexity index is 594. The van der Waals surface area contributed by atoms with Crippen LogP contribution in [-0.2, 0) is 0 Å². The Morgan fingerprint density at radius 1 is 1.14 bits per heavy atom. The monoisotopic (exact) mass is 301 g/mol. The highest BCUT2D eigenvalue weighted by molar-refractivity contribution is 5.92. The molecule has 5 nitrogen and oxygen atoms in total. The molecule has 1 unspecified atom stereocenters. The van der Waals surface area contributed by atoms with E-state index in [1.54, 1.807) is 0 Å². The van der Waals surface area contributed by atoms with Crippen LogP contribution in [0, 0.1) is 5.41 Å². The second kappa shape index (κ2) is 5.38. The van der Waals surface area contributed by atoms with Crippen LogP contribution in [0.3, 0.4) is 0 Å². The average Bonchev–Trinajstić information content (AvgIpc) is 3.03. The van der Waals surface area contributed by atoms with Crippen LogP contribution in [0.15, 0.2) is 23.2 Å². The molecule has 1 aliphatic heterocycles. The predicted octanol–water partition coefficient (Wildman–Crippen LogP) is 2.91. The number of anilines is 1. The van der Waals surface area contributed by atoms with Crippen LogP contribution in [-0.4, -0.2) is 25.2 Å². The fourth-order valence-corrected chi connectivity index (χ4v) is 3.71. The molecule has 1 aromatic rings. The van der Waals surface area contributed by atoms with Gasteiger partial charge in [0.1, 0.15) is 0 Å². The number of benzene rings is 1. The van der Waals surface area contributed by atoms with Crippen molar-refractivity contribution in [3.8, 4) is 11.5 Å². The number of ether oxygens (including phenoxy) is 2. The maximum Gasteiger partial charge on any atom is 0.193 e. The molecule has 0 aromatic heterocycles. The summed E-state index contributed by atoms with van der Waals surface area (Å²) in [5.41, 5.74) is 7.45. The average molecular weight is 301 g/mol. The van der Waals surface area contributed by atoms with Crippen LogP contribution in [0.25, 0.3) is 0 Å². The second-order valence-electron chi connectivity index (χ2n) is 6.64. The largest absolute Gasteiger partial charge is 0.490 e. The molecule has 22 heavy (non-hydrogen) atoms. The lowest BCUT2D eigenvalue weighted by molar-refractivity contribution is 0.297. The van der Waals surface area contributed by atoms with Gasteiger partial charge in [-0.2, -0.15) is 0 Å². The molecule has 1 aromatic carbocycles. The summed E-state index contributed by atoms with van der Waals surface area (Å²) >= 11 is 0. The normalized spacial score (nSPS) is 25.8. The molecule has 2 saturated carbocycles. The number of hydrogen-bond donors (Lipinski definition) is 2. The highest BCUT2D eigenvalue weighted by Gasteiger charge is 2.55. The maximum absolute atomic E-state index is 6.07. The van der Waals surface area contributed by atoms with Gasteiger partial charge in [-0.25, -0.2) is 4.99 Å². The van der Waals surface area contributed by atoms with Crippen LogP contribution in [0.4, 0.5) is 5.69 Å². The van der Waals surface area contributed by atoms with E-state index in [-0.39, 0.29) is 0 Å². The summed E-state index contributed by atoms with van der Waals surface area (Å²) in [5.74, 6) is 2.07. The van der Waals surface area contributed by atoms with Gasteiger partial charge in [-0.05, 0) is 36.8 Å². The van der Waals surface area contributed by atoms with E-state index in [1.807, 2.05) is 18.2 Å². The first-order chi connectivity index (χ1) is 10.8. The lowest BCUT2D eigenvalue weighted by Crippen LogP contribution is -2.23. The van der Waals surface area contributed by atoms with Crippen molar-refractivity contribution in [2.45, 2.75) is 44.6 Å². The van der Waals surface area contributed by atoms with Crippen molar-refractivity contribution < 1.29 is 9.47 Å². The maximum atomic E-state index is 6.07. The summed E-state index contributed by atoms with van der Waals surface area (Å²) in [6.07, 6.45) is 7.45. The Hall–Kier alpha value is -1.91. The smallest absolute Gasteiger partial charge is 0.193 e. The zero-order chi connectivity index (χ0) is 15.0. The highest BCUT2D eigenvalue weighted by atomic mass is 16.5. The Balaban J connectivity index is 1.43. The summed E-state index contributed by atoms with van der Waals surface area (Å²) in [7, 11) is 0. The Kier molecular flexibility index (Phi) is 3.36. The number of nitrogens with two attached hydrogens (primary N) is 1. The van der Waals surface area contributed by atoms with Crippen LogP contribution < -0.4 is 20.5 Å². The van der Waals surface area contributed by atoms with Crippen molar-refractivity contribution in [3.05, 3.63) is 18.2 Å². The number of nitrogens with one attached hydrogen (secondary N) is 1. The molecule has 0 radical (unpaired) electrons.